The number of carbonyl (C=O) groups excluding carboxylic acids is 1. The van der Waals surface area contributed by atoms with Crippen LogP contribution in [0.4, 0.5) is 4.79 Å². The topological polar surface area (TPSA) is 50.2 Å². The van der Waals surface area contributed by atoms with E-state index in [2.05, 4.69) is 38.1 Å². The molecule has 2 amide bonds. The summed E-state index contributed by atoms with van der Waals surface area (Å²) in [5.74, 6) is 1.48. The van der Waals surface area contributed by atoms with Gasteiger partial charge in [0.1, 0.15) is 0 Å². The average Bonchev–Trinajstić information content (AvgIpc) is 2.73. The number of hydrogen-bond donors (Lipinski definition) is 1. The molecule has 0 radical (unpaired) electrons. The number of aromatic nitrogens is 2. The Hall–Kier alpha value is -1.52. The third-order valence-corrected chi connectivity index (χ3v) is 5.31. The molecule has 130 valence electrons. The highest BCUT2D eigenvalue weighted by Crippen LogP contribution is 2.24. The van der Waals surface area contributed by atoms with Gasteiger partial charge in [0.05, 0.1) is 5.69 Å². The molecule has 5 heteroatoms. The molecule has 1 aliphatic heterocycles. The van der Waals surface area contributed by atoms with Crippen molar-refractivity contribution in [2.75, 3.05) is 13.1 Å². The summed E-state index contributed by atoms with van der Waals surface area (Å²) < 4.78 is 1.91. The standard InChI is InChI=1S/C18H32N4O/c1-12(2)16-7-9-22(10-8-16)18(23)19-13(3)11-17-14(4)20-21(6)15(17)5/h12-13,16H,7-11H2,1-6H3,(H,19,23)/t13-/m1/s1. The van der Waals surface area contributed by atoms with Crippen molar-refractivity contribution >= 4 is 6.03 Å². The molecule has 1 aliphatic rings. The molecule has 0 aliphatic carbocycles. The molecule has 1 aromatic heterocycles. The highest BCUT2D eigenvalue weighted by Gasteiger charge is 2.25. The zero-order valence-electron chi connectivity index (χ0n) is 15.5. The first kappa shape index (κ1) is 17.8. The van der Waals surface area contributed by atoms with E-state index in [0.29, 0.717) is 0 Å². The van der Waals surface area contributed by atoms with Crippen molar-refractivity contribution in [3.05, 3.63) is 17.0 Å². The Kier molecular flexibility index (Phi) is 5.71. The molecule has 0 unspecified atom stereocenters. The maximum atomic E-state index is 12.4. The first-order chi connectivity index (χ1) is 10.8. The number of piperidine rings is 1. The van der Waals surface area contributed by atoms with E-state index in [1.54, 1.807) is 0 Å². The predicted molar refractivity (Wildman–Crippen MR) is 93.5 cm³/mol. The zero-order valence-corrected chi connectivity index (χ0v) is 15.5. The Morgan fingerprint density at radius 1 is 1.26 bits per heavy atom. The first-order valence-corrected chi connectivity index (χ1v) is 8.84. The summed E-state index contributed by atoms with van der Waals surface area (Å²) >= 11 is 0. The van der Waals surface area contributed by atoms with E-state index in [-0.39, 0.29) is 12.1 Å². The van der Waals surface area contributed by atoms with Crippen molar-refractivity contribution in [1.82, 2.24) is 20.0 Å². The van der Waals surface area contributed by atoms with Gasteiger partial charge in [-0.05, 0) is 57.4 Å². The number of rotatable bonds is 4. The van der Waals surface area contributed by atoms with Crippen molar-refractivity contribution in [1.29, 1.82) is 0 Å². The first-order valence-electron chi connectivity index (χ1n) is 8.84. The van der Waals surface area contributed by atoms with Gasteiger partial charge in [0.15, 0.2) is 0 Å². The quantitative estimate of drug-likeness (QED) is 0.927. The molecule has 5 nitrogen and oxygen atoms in total. The predicted octanol–water partition coefficient (Wildman–Crippen LogP) is 3.05. The fraction of sp³-hybridized carbons (Fsp3) is 0.778. The zero-order chi connectivity index (χ0) is 17.1. The third kappa shape index (κ3) is 4.27. The van der Waals surface area contributed by atoms with Crippen molar-refractivity contribution in [2.24, 2.45) is 18.9 Å². The molecule has 1 N–H and O–H groups in total. The van der Waals surface area contributed by atoms with Crippen LogP contribution >= 0.6 is 0 Å². The number of amides is 2. The molecule has 2 heterocycles. The fourth-order valence-corrected chi connectivity index (χ4v) is 3.54. The monoisotopic (exact) mass is 320 g/mol. The summed E-state index contributed by atoms with van der Waals surface area (Å²) in [6.07, 6.45) is 3.08. The van der Waals surface area contributed by atoms with Gasteiger partial charge in [-0.1, -0.05) is 13.8 Å². The minimum absolute atomic E-state index is 0.0823. The molecular weight excluding hydrogens is 288 g/mol. The number of urea groups is 1. The highest BCUT2D eigenvalue weighted by molar-refractivity contribution is 5.74. The summed E-state index contributed by atoms with van der Waals surface area (Å²) in [4.78, 5) is 14.4. The molecule has 0 saturated carbocycles. The largest absolute Gasteiger partial charge is 0.335 e. The molecule has 1 atom stereocenters. The van der Waals surface area contributed by atoms with Crippen LogP contribution in [0.2, 0.25) is 0 Å². The van der Waals surface area contributed by atoms with E-state index in [4.69, 9.17) is 0 Å². The number of nitrogens with zero attached hydrogens (tertiary/aromatic N) is 3. The van der Waals surface area contributed by atoms with E-state index in [1.807, 2.05) is 23.6 Å². The summed E-state index contributed by atoms with van der Waals surface area (Å²) in [7, 11) is 1.97. The molecule has 0 aromatic carbocycles. The second-order valence-electron chi connectivity index (χ2n) is 7.40. The van der Waals surface area contributed by atoms with Crippen molar-refractivity contribution in [2.45, 2.75) is 59.9 Å². The number of hydrogen-bond acceptors (Lipinski definition) is 2. The van der Waals surface area contributed by atoms with Crippen molar-refractivity contribution < 1.29 is 4.79 Å². The Bertz CT molecular complexity index is 541. The molecule has 2 rings (SSSR count). The molecule has 23 heavy (non-hydrogen) atoms. The van der Waals surface area contributed by atoms with Gasteiger partial charge in [-0.2, -0.15) is 5.10 Å². The van der Waals surface area contributed by atoms with Crippen LogP contribution in [-0.4, -0.2) is 39.8 Å². The van der Waals surface area contributed by atoms with E-state index in [0.717, 1.165) is 49.9 Å². The van der Waals surface area contributed by atoms with Crippen LogP contribution in [0.25, 0.3) is 0 Å². The number of carbonyl (C=O) groups is 1. The molecule has 0 bridgehead atoms. The maximum absolute atomic E-state index is 12.4. The highest BCUT2D eigenvalue weighted by atomic mass is 16.2. The van der Waals surface area contributed by atoms with Crippen LogP contribution in [0, 0.1) is 25.7 Å². The van der Waals surface area contributed by atoms with E-state index in [1.165, 1.54) is 11.3 Å². The Balaban J connectivity index is 1.86. The van der Waals surface area contributed by atoms with Crippen LogP contribution < -0.4 is 5.32 Å². The van der Waals surface area contributed by atoms with Crippen LogP contribution in [-0.2, 0) is 13.5 Å². The minimum atomic E-state index is 0.0823. The SMILES string of the molecule is Cc1nn(C)c(C)c1C[C@@H](C)NC(=O)N1CCC(C(C)C)CC1. The molecule has 1 aromatic rings. The number of likely N-dealkylation sites (tertiary alicyclic amines) is 1. The van der Waals surface area contributed by atoms with E-state index < -0.39 is 0 Å². The average molecular weight is 320 g/mol. The maximum Gasteiger partial charge on any atom is 0.317 e. The summed E-state index contributed by atoms with van der Waals surface area (Å²) in [6, 6.07) is 0.200. The van der Waals surface area contributed by atoms with E-state index >= 15 is 0 Å². The van der Waals surface area contributed by atoms with Crippen molar-refractivity contribution in [3.63, 3.8) is 0 Å². The van der Waals surface area contributed by atoms with Crippen LogP contribution in [0.1, 0.15) is 50.6 Å². The van der Waals surface area contributed by atoms with Crippen LogP contribution in [0.15, 0.2) is 0 Å². The summed E-state index contributed by atoms with van der Waals surface area (Å²) in [5, 5.41) is 7.61. The van der Waals surface area contributed by atoms with E-state index in [9.17, 15) is 4.79 Å². The van der Waals surface area contributed by atoms with Gasteiger partial charge < -0.3 is 10.2 Å². The lowest BCUT2D eigenvalue weighted by atomic mass is 9.87. The normalized spacial score (nSPS) is 17.6. The second-order valence-corrected chi connectivity index (χ2v) is 7.40. The lowest BCUT2D eigenvalue weighted by Crippen LogP contribution is -2.48. The number of aryl methyl sites for hydroxylation is 2. The Morgan fingerprint density at radius 2 is 1.87 bits per heavy atom. The smallest absolute Gasteiger partial charge is 0.317 e. The van der Waals surface area contributed by atoms with Gasteiger partial charge in [0.25, 0.3) is 0 Å². The third-order valence-electron chi connectivity index (χ3n) is 5.31. The fourth-order valence-electron chi connectivity index (χ4n) is 3.54. The lowest BCUT2D eigenvalue weighted by molar-refractivity contribution is 0.154. The van der Waals surface area contributed by atoms with Gasteiger partial charge in [-0.15, -0.1) is 0 Å². The molecule has 1 saturated heterocycles. The van der Waals surface area contributed by atoms with Gasteiger partial charge in [-0.25, -0.2) is 4.79 Å². The van der Waals surface area contributed by atoms with Crippen molar-refractivity contribution in [3.8, 4) is 0 Å². The van der Waals surface area contributed by atoms with Crippen LogP contribution in [0.3, 0.4) is 0 Å². The second kappa shape index (κ2) is 7.37. The molecule has 1 fully saturated rings. The number of nitrogens with one attached hydrogen (secondary N) is 1. The van der Waals surface area contributed by atoms with Gasteiger partial charge >= 0.3 is 6.03 Å². The van der Waals surface area contributed by atoms with Gasteiger partial charge in [0, 0.05) is 31.9 Å². The summed E-state index contributed by atoms with van der Waals surface area (Å²) in [5.41, 5.74) is 3.49. The molecular formula is C18H32N4O. The Labute approximate surface area is 140 Å². The van der Waals surface area contributed by atoms with Crippen LogP contribution in [0.5, 0.6) is 0 Å². The Morgan fingerprint density at radius 3 is 2.35 bits per heavy atom. The van der Waals surface area contributed by atoms with Gasteiger partial charge in [0.2, 0.25) is 0 Å². The summed E-state index contributed by atoms with van der Waals surface area (Å²) in [6.45, 7) is 12.5. The van der Waals surface area contributed by atoms with Gasteiger partial charge in [-0.3, -0.25) is 4.68 Å². The lowest BCUT2D eigenvalue weighted by Gasteiger charge is -2.34. The molecule has 0 spiro atoms. The minimum Gasteiger partial charge on any atom is -0.335 e.